The number of hydrogen-bond donors (Lipinski definition) is 2. The largest absolute Gasteiger partial charge is 0.337 e. The molecule has 3 aromatic heterocycles. The lowest BCUT2D eigenvalue weighted by atomic mass is 10.3. The van der Waals surface area contributed by atoms with Crippen LogP contribution in [0.4, 0.5) is 17.3 Å². The Labute approximate surface area is 192 Å². The molecule has 0 fully saturated rings. The van der Waals surface area contributed by atoms with E-state index < -0.39 is 10.0 Å². The highest BCUT2D eigenvalue weighted by molar-refractivity contribution is 8.00. The Morgan fingerprint density at radius 1 is 1.00 bits per heavy atom. The number of nitrogens with zero attached hydrogens (tertiary/aromatic N) is 5. The van der Waals surface area contributed by atoms with Gasteiger partial charge in [-0.1, -0.05) is 23.9 Å². The molecule has 0 bridgehead atoms. The number of aryl methyl sites for hydroxylation is 1. The maximum atomic E-state index is 12.9. The van der Waals surface area contributed by atoms with Crippen LogP contribution in [0, 0.1) is 0 Å². The summed E-state index contributed by atoms with van der Waals surface area (Å²) in [6, 6.07) is 13.0. The summed E-state index contributed by atoms with van der Waals surface area (Å²) >= 11 is 3.19. The van der Waals surface area contributed by atoms with Crippen LogP contribution < -0.4 is 10.0 Å². The Hall–Kier alpha value is -3.22. The van der Waals surface area contributed by atoms with Crippen molar-refractivity contribution >= 4 is 71.7 Å². The number of hydrogen-bond acceptors (Lipinski definition) is 9. The van der Waals surface area contributed by atoms with Crippen LogP contribution in [-0.4, -0.2) is 39.4 Å². The van der Waals surface area contributed by atoms with Gasteiger partial charge in [0.1, 0.15) is 4.90 Å². The zero-order valence-electron chi connectivity index (χ0n) is 17.0. The predicted molar refractivity (Wildman–Crippen MR) is 128 cm³/mol. The minimum atomic E-state index is -3.90. The number of anilines is 3. The average Bonchev–Trinajstić information content (AvgIpc) is 3.40. The minimum Gasteiger partial charge on any atom is -0.337 e. The van der Waals surface area contributed by atoms with Gasteiger partial charge >= 0.3 is 0 Å². The van der Waals surface area contributed by atoms with Crippen molar-refractivity contribution < 1.29 is 8.42 Å². The van der Waals surface area contributed by atoms with Gasteiger partial charge in [0.25, 0.3) is 10.0 Å². The SMILES string of the molecule is CSc1nc2ccc(Nc3nc4ccccc4nc3NS(=O)(=O)c3cnn(C)c3)cc2s1. The van der Waals surface area contributed by atoms with Gasteiger partial charge in [-0.2, -0.15) is 5.10 Å². The molecule has 0 aliphatic rings. The quantitative estimate of drug-likeness (QED) is 0.345. The fourth-order valence-electron chi connectivity index (χ4n) is 3.09. The Balaban J connectivity index is 1.56. The summed E-state index contributed by atoms with van der Waals surface area (Å²) in [5.74, 6) is 0.395. The van der Waals surface area contributed by atoms with E-state index in [2.05, 4.69) is 30.1 Å². The van der Waals surface area contributed by atoms with Crippen LogP contribution in [0.1, 0.15) is 0 Å². The summed E-state index contributed by atoms with van der Waals surface area (Å²) in [5.41, 5.74) is 2.87. The van der Waals surface area contributed by atoms with E-state index in [0.717, 1.165) is 20.2 Å². The first-order valence-electron chi connectivity index (χ1n) is 9.41. The van der Waals surface area contributed by atoms with Gasteiger partial charge in [0.05, 0.1) is 27.4 Å². The third kappa shape index (κ3) is 3.99. The van der Waals surface area contributed by atoms with Crippen LogP contribution in [-0.2, 0) is 17.1 Å². The summed E-state index contributed by atoms with van der Waals surface area (Å²) in [7, 11) is -2.24. The third-order valence-electron chi connectivity index (χ3n) is 4.60. The van der Waals surface area contributed by atoms with Gasteiger partial charge < -0.3 is 5.32 Å². The summed E-state index contributed by atoms with van der Waals surface area (Å²) in [5, 5.41) is 7.16. The van der Waals surface area contributed by atoms with Crippen LogP contribution in [0.2, 0.25) is 0 Å². The monoisotopic (exact) mass is 483 g/mol. The van der Waals surface area contributed by atoms with E-state index in [4.69, 9.17) is 0 Å². The topological polar surface area (TPSA) is 115 Å². The van der Waals surface area contributed by atoms with Gasteiger partial charge in [-0.3, -0.25) is 9.40 Å². The molecule has 0 radical (unpaired) electrons. The van der Waals surface area contributed by atoms with Crippen LogP contribution in [0.5, 0.6) is 0 Å². The molecule has 0 spiro atoms. The van der Waals surface area contributed by atoms with E-state index in [1.807, 2.05) is 42.7 Å². The van der Waals surface area contributed by atoms with Gasteiger partial charge in [-0.05, 0) is 36.6 Å². The number of rotatable bonds is 6. The predicted octanol–water partition coefficient (Wildman–Crippen LogP) is 4.24. The van der Waals surface area contributed by atoms with Crippen molar-refractivity contribution in [2.45, 2.75) is 9.24 Å². The molecule has 3 heterocycles. The maximum absolute atomic E-state index is 12.9. The van der Waals surface area contributed by atoms with Gasteiger partial charge in [0.2, 0.25) is 0 Å². The number of nitrogens with one attached hydrogen (secondary N) is 2. The molecular formula is C20H17N7O2S3. The van der Waals surface area contributed by atoms with Gasteiger partial charge in [-0.25, -0.2) is 23.4 Å². The van der Waals surface area contributed by atoms with E-state index in [1.54, 1.807) is 36.2 Å². The summed E-state index contributed by atoms with van der Waals surface area (Å²) in [4.78, 5) is 13.7. The zero-order chi connectivity index (χ0) is 22.3. The Bertz CT molecular complexity index is 1560. The fraction of sp³-hybridized carbons (Fsp3) is 0.100. The van der Waals surface area contributed by atoms with Crippen molar-refractivity contribution in [3.8, 4) is 0 Å². The van der Waals surface area contributed by atoms with Crippen molar-refractivity contribution in [1.29, 1.82) is 0 Å². The highest BCUT2D eigenvalue weighted by Crippen LogP contribution is 2.32. The number of sulfonamides is 1. The molecule has 2 N–H and O–H groups in total. The Morgan fingerprint density at radius 2 is 1.75 bits per heavy atom. The standard InChI is InChI=1S/C20H17N7O2S3/c1-27-11-13(10-21-27)32(28,29)26-19-18(23-14-5-3-4-6-15(14)24-19)22-12-7-8-16-17(9-12)31-20(25-16)30-2/h3-11H,1-2H3,(H,22,23)(H,24,26). The van der Waals surface area contributed by atoms with Crippen LogP contribution in [0.3, 0.4) is 0 Å². The molecule has 0 amide bonds. The highest BCUT2D eigenvalue weighted by Gasteiger charge is 2.20. The zero-order valence-corrected chi connectivity index (χ0v) is 19.4. The van der Waals surface area contributed by atoms with Crippen molar-refractivity contribution in [1.82, 2.24) is 24.7 Å². The lowest BCUT2D eigenvalue weighted by Crippen LogP contribution is -2.15. The summed E-state index contributed by atoms with van der Waals surface area (Å²) in [6.07, 6.45) is 4.69. The third-order valence-corrected chi connectivity index (χ3v) is 7.90. The van der Waals surface area contributed by atoms with E-state index in [9.17, 15) is 8.42 Å². The Morgan fingerprint density at radius 3 is 2.44 bits per heavy atom. The maximum Gasteiger partial charge on any atom is 0.266 e. The average molecular weight is 484 g/mol. The lowest BCUT2D eigenvalue weighted by molar-refractivity contribution is 0.601. The Kier molecular flexibility index (Phi) is 5.19. The number of fused-ring (bicyclic) bond motifs is 2. The summed E-state index contributed by atoms with van der Waals surface area (Å²) in [6.45, 7) is 0. The molecule has 12 heteroatoms. The fourth-order valence-corrected chi connectivity index (χ4v) is 5.61. The smallest absolute Gasteiger partial charge is 0.266 e. The molecule has 162 valence electrons. The van der Waals surface area contributed by atoms with Crippen molar-refractivity contribution in [2.75, 3.05) is 16.3 Å². The first-order valence-corrected chi connectivity index (χ1v) is 12.9. The minimum absolute atomic E-state index is 0.0385. The lowest BCUT2D eigenvalue weighted by Gasteiger charge is -2.13. The van der Waals surface area contributed by atoms with E-state index >= 15 is 0 Å². The molecule has 5 rings (SSSR count). The summed E-state index contributed by atoms with van der Waals surface area (Å²) < 4.78 is 31.8. The molecule has 2 aromatic carbocycles. The number of thiazole rings is 1. The van der Waals surface area contributed by atoms with Gasteiger partial charge in [-0.15, -0.1) is 11.3 Å². The molecule has 0 atom stereocenters. The van der Waals surface area contributed by atoms with Crippen LogP contribution in [0.15, 0.2) is 64.1 Å². The molecule has 0 aliphatic carbocycles. The molecule has 0 aliphatic heterocycles. The van der Waals surface area contributed by atoms with Gasteiger partial charge in [0, 0.05) is 18.9 Å². The second kappa shape index (κ2) is 8.04. The van der Waals surface area contributed by atoms with Gasteiger partial charge in [0.15, 0.2) is 16.0 Å². The van der Waals surface area contributed by atoms with Crippen LogP contribution in [0.25, 0.3) is 21.3 Å². The van der Waals surface area contributed by atoms with Crippen molar-refractivity contribution in [3.63, 3.8) is 0 Å². The van der Waals surface area contributed by atoms with E-state index in [1.165, 1.54) is 17.1 Å². The number of aromatic nitrogens is 5. The first-order chi connectivity index (χ1) is 15.4. The molecule has 0 saturated carbocycles. The van der Waals surface area contributed by atoms with Crippen molar-refractivity contribution in [2.24, 2.45) is 7.05 Å². The molecule has 32 heavy (non-hydrogen) atoms. The van der Waals surface area contributed by atoms with E-state index in [-0.39, 0.29) is 10.7 Å². The molecule has 0 saturated heterocycles. The molecular weight excluding hydrogens is 466 g/mol. The second-order valence-corrected chi connectivity index (χ2v) is 10.6. The first kappa shape index (κ1) is 20.7. The van der Waals surface area contributed by atoms with E-state index in [0.29, 0.717) is 16.9 Å². The highest BCUT2D eigenvalue weighted by atomic mass is 32.2. The second-order valence-electron chi connectivity index (χ2n) is 6.86. The van der Waals surface area contributed by atoms with Crippen LogP contribution >= 0.6 is 23.1 Å². The molecule has 0 unspecified atom stereocenters. The van der Waals surface area contributed by atoms with Crippen molar-refractivity contribution in [3.05, 3.63) is 54.9 Å². The number of thioether (sulfide) groups is 1. The molecule has 9 nitrogen and oxygen atoms in total. The molecule has 5 aromatic rings. The normalized spacial score (nSPS) is 11.8. The number of benzene rings is 2. The number of para-hydroxylation sites is 2.